The zero-order valence-corrected chi connectivity index (χ0v) is 8.74. The van der Waals surface area contributed by atoms with Gasteiger partial charge in [0, 0.05) is 5.69 Å². The van der Waals surface area contributed by atoms with Crippen LogP contribution in [0.3, 0.4) is 0 Å². The summed E-state index contributed by atoms with van der Waals surface area (Å²) in [6, 6.07) is 13.0. The lowest BCUT2D eigenvalue weighted by Gasteiger charge is -2.08. The fourth-order valence-corrected chi connectivity index (χ4v) is 1.41. The van der Waals surface area contributed by atoms with Crippen LogP contribution in [0.1, 0.15) is 5.56 Å². The van der Waals surface area contributed by atoms with Crippen molar-refractivity contribution in [2.75, 3.05) is 5.32 Å². The molecule has 0 aliphatic carbocycles. The standard InChI is InChI=1S/C13H8F2N2/c14-12-9(8-16)6-7-11(13(12)15)17-10-4-2-1-3-5-10/h1-7,17H. The fraction of sp³-hybridized carbons (Fsp3) is 0. The summed E-state index contributed by atoms with van der Waals surface area (Å²) in [7, 11) is 0. The molecule has 4 heteroatoms. The van der Waals surface area contributed by atoms with Crippen LogP contribution in [0.5, 0.6) is 0 Å². The normalized spacial score (nSPS) is 9.71. The van der Waals surface area contributed by atoms with Gasteiger partial charge in [0.1, 0.15) is 6.07 Å². The van der Waals surface area contributed by atoms with Gasteiger partial charge in [-0.05, 0) is 24.3 Å². The summed E-state index contributed by atoms with van der Waals surface area (Å²) >= 11 is 0. The second-order valence-corrected chi connectivity index (χ2v) is 3.39. The van der Waals surface area contributed by atoms with Crippen LogP contribution in [0.4, 0.5) is 20.2 Å². The summed E-state index contributed by atoms with van der Waals surface area (Å²) in [6.45, 7) is 0. The van der Waals surface area contributed by atoms with E-state index in [1.165, 1.54) is 12.1 Å². The molecule has 0 fully saturated rings. The number of nitriles is 1. The Labute approximate surface area is 97.1 Å². The van der Waals surface area contributed by atoms with Gasteiger partial charge in [0.2, 0.25) is 0 Å². The van der Waals surface area contributed by atoms with Gasteiger partial charge >= 0.3 is 0 Å². The summed E-state index contributed by atoms with van der Waals surface area (Å²) in [5.41, 5.74) is 0.351. The average molecular weight is 230 g/mol. The summed E-state index contributed by atoms with van der Waals surface area (Å²) in [6.07, 6.45) is 0. The molecule has 2 nitrogen and oxygen atoms in total. The van der Waals surface area contributed by atoms with Gasteiger partial charge in [-0.3, -0.25) is 0 Å². The zero-order chi connectivity index (χ0) is 12.3. The van der Waals surface area contributed by atoms with Crippen LogP contribution in [-0.2, 0) is 0 Å². The van der Waals surface area contributed by atoms with E-state index >= 15 is 0 Å². The second kappa shape index (κ2) is 4.62. The fourth-order valence-electron chi connectivity index (χ4n) is 1.41. The number of benzene rings is 2. The number of nitrogens with one attached hydrogen (secondary N) is 1. The van der Waals surface area contributed by atoms with E-state index in [0.29, 0.717) is 5.69 Å². The molecular weight excluding hydrogens is 222 g/mol. The van der Waals surface area contributed by atoms with E-state index in [1.54, 1.807) is 30.3 Å². The zero-order valence-electron chi connectivity index (χ0n) is 8.74. The number of hydrogen-bond acceptors (Lipinski definition) is 2. The van der Waals surface area contributed by atoms with Crippen molar-refractivity contribution in [2.24, 2.45) is 0 Å². The van der Waals surface area contributed by atoms with Crippen molar-refractivity contribution in [3.05, 3.63) is 59.7 Å². The maximum Gasteiger partial charge on any atom is 0.183 e. The average Bonchev–Trinajstić information content (AvgIpc) is 2.37. The van der Waals surface area contributed by atoms with E-state index < -0.39 is 11.6 Å². The Balaban J connectivity index is 2.36. The summed E-state index contributed by atoms with van der Waals surface area (Å²) < 4.78 is 26.9. The minimum absolute atomic E-state index is 0.00713. The third kappa shape index (κ3) is 2.23. The highest BCUT2D eigenvalue weighted by atomic mass is 19.2. The minimum Gasteiger partial charge on any atom is -0.353 e. The maximum absolute atomic E-state index is 13.5. The summed E-state index contributed by atoms with van der Waals surface area (Å²) in [4.78, 5) is 0. The van der Waals surface area contributed by atoms with Crippen LogP contribution in [0.2, 0.25) is 0 Å². The number of rotatable bonds is 2. The number of nitrogens with zero attached hydrogens (tertiary/aromatic N) is 1. The number of para-hydroxylation sites is 1. The highest BCUT2D eigenvalue weighted by Crippen LogP contribution is 2.23. The molecular formula is C13H8F2N2. The van der Waals surface area contributed by atoms with Gasteiger partial charge in [-0.1, -0.05) is 18.2 Å². The monoisotopic (exact) mass is 230 g/mol. The molecule has 2 aromatic rings. The van der Waals surface area contributed by atoms with Crippen molar-refractivity contribution in [2.45, 2.75) is 0 Å². The topological polar surface area (TPSA) is 35.8 Å². The Bertz CT molecular complexity index is 574. The van der Waals surface area contributed by atoms with Crippen LogP contribution >= 0.6 is 0 Å². The number of halogens is 2. The van der Waals surface area contributed by atoms with Crippen LogP contribution in [0.15, 0.2) is 42.5 Å². The predicted octanol–water partition coefficient (Wildman–Crippen LogP) is 3.58. The molecule has 0 amide bonds. The van der Waals surface area contributed by atoms with Crippen molar-refractivity contribution in [3.63, 3.8) is 0 Å². The largest absolute Gasteiger partial charge is 0.353 e. The van der Waals surface area contributed by atoms with E-state index in [0.717, 1.165) is 0 Å². The smallest absolute Gasteiger partial charge is 0.183 e. The molecule has 0 aliphatic heterocycles. The van der Waals surface area contributed by atoms with E-state index in [9.17, 15) is 8.78 Å². The van der Waals surface area contributed by atoms with Gasteiger partial charge in [-0.15, -0.1) is 0 Å². The van der Waals surface area contributed by atoms with Gasteiger partial charge in [0.25, 0.3) is 0 Å². The molecule has 0 radical (unpaired) electrons. The molecule has 2 aromatic carbocycles. The van der Waals surface area contributed by atoms with Gasteiger partial charge in [-0.25, -0.2) is 8.78 Å². The Morgan fingerprint density at radius 1 is 0.941 bits per heavy atom. The lowest BCUT2D eigenvalue weighted by Crippen LogP contribution is -1.98. The van der Waals surface area contributed by atoms with Crippen LogP contribution in [-0.4, -0.2) is 0 Å². The van der Waals surface area contributed by atoms with Crippen LogP contribution < -0.4 is 5.32 Å². The first kappa shape index (κ1) is 11.1. The molecule has 1 N–H and O–H groups in total. The van der Waals surface area contributed by atoms with Crippen molar-refractivity contribution in [1.82, 2.24) is 0 Å². The van der Waals surface area contributed by atoms with E-state index in [4.69, 9.17) is 5.26 Å². The molecule has 0 atom stereocenters. The SMILES string of the molecule is N#Cc1ccc(Nc2ccccc2)c(F)c1F. The van der Waals surface area contributed by atoms with Crippen LogP contribution in [0.25, 0.3) is 0 Å². The number of hydrogen-bond donors (Lipinski definition) is 1. The Morgan fingerprint density at radius 2 is 1.65 bits per heavy atom. The molecule has 0 saturated carbocycles. The summed E-state index contributed by atoms with van der Waals surface area (Å²) in [5, 5.41) is 11.3. The third-order valence-corrected chi connectivity index (χ3v) is 2.26. The minimum atomic E-state index is -1.13. The Hall–Kier alpha value is -2.41. The molecule has 0 heterocycles. The van der Waals surface area contributed by atoms with Gasteiger partial charge in [-0.2, -0.15) is 5.26 Å². The van der Waals surface area contributed by atoms with E-state index in [2.05, 4.69) is 5.32 Å². The lowest BCUT2D eigenvalue weighted by atomic mass is 10.2. The maximum atomic E-state index is 13.5. The first-order valence-corrected chi connectivity index (χ1v) is 4.92. The van der Waals surface area contributed by atoms with Crippen LogP contribution in [0, 0.1) is 23.0 Å². The first-order valence-electron chi connectivity index (χ1n) is 4.92. The molecule has 0 bridgehead atoms. The van der Waals surface area contributed by atoms with Crippen molar-refractivity contribution < 1.29 is 8.78 Å². The van der Waals surface area contributed by atoms with Crippen molar-refractivity contribution >= 4 is 11.4 Å². The van der Waals surface area contributed by atoms with Gasteiger partial charge < -0.3 is 5.32 Å². The molecule has 2 rings (SSSR count). The van der Waals surface area contributed by atoms with Crippen molar-refractivity contribution in [1.29, 1.82) is 5.26 Å². The predicted molar refractivity (Wildman–Crippen MR) is 60.8 cm³/mol. The molecule has 17 heavy (non-hydrogen) atoms. The Kier molecular flexibility index (Phi) is 3.01. The molecule has 0 aliphatic rings. The molecule has 0 spiro atoms. The van der Waals surface area contributed by atoms with Gasteiger partial charge in [0.05, 0.1) is 11.3 Å². The highest BCUT2D eigenvalue weighted by Gasteiger charge is 2.12. The molecule has 84 valence electrons. The Morgan fingerprint density at radius 3 is 2.29 bits per heavy atom. The first-order chi connectivity index (χ1) is 8.22. The lowest BCUT2D eigenvalue weighted by molar-refractivity contribution is 0.509. The number of anilines is 2. The summed E-state index contributed by atoms with van der Waals surface area (Å²) in [5.74, 6) is -2.18. The van der Waals surface area contributed by atoms with E-state index in [-0.39, 0.29) is 11.3 Å². The van der Waals surface area contributed by atoms with E-state index in [1.807, 2.05) is 6.07 Å². The highest BCUT2D eigenvalue weighted by molar-refractivity contribution is 5.61. The molecule has 0 aromatic heterocycles. The third-order valence-electron chi connectivity index (χ3n) is 2.26. The second-order valence-electron chi connectivity index (χ2n) is 3.39. The van der Waals surface area contributed by atoms with Gasteiger partial charge in [0.15, 0.2) is 11.6 Å². The molecule has 0 unspecified atom stereocenters. The quantitative estimate of drug-likeness (QED) is 0.855. The molecule has 0 saturated heterocycles. The van der Waals surface area contributed by atoms with Crippen molar-refractivity contribution in [3.8, 4) is 6.07 Å².